The Kier molecular flexibility index (Phi) is 4.18. The van der Waals surface area contributed by atoms with Crippen LogP contribution in [0.4, 0.5) is 0 Å². The Morgan fingerprint density at radius 2 is 2.07 bits per heavy atom. The van der Waals surface area contributed by atoms with Crippen molar-refractivity contribution in [2.75, 3.05) is 26.5 Å². The van der Waals surface area contributed by atoms with Gasteiger partial charge in [0.05, 0.1) is 0 Å². The van der Waals surface area contributed by atoms with Crippen molar-refractivity contribution in [1.82, 2.24) is 8.61 Å². The summed E-state index contributed by atoms with van der Waals surface area (Å²) in [5.41, 5.74) is 0. The van der Waals surface area contributed by atoms with Gasteiger partial charge in [-0.1, -0.05) is 6.42 Å². The molecule has 0 spiro atoms. The third kappa shape index (κ3) is 2.39. The molecule has 0 amide bonds. The summed E-state index contributed by atoms with van der Waals surface area (Å²) in [6.07, 6.45) is 2.87. The predicted molar refractivity (Wildman–Crippen MR) is 57.7 cm³/mol. The van der Waals surface area contributed by atoms with Gasteiger partial charge in [0.1, 0.15) is 0 Å². The second-order valence-corrected chi connectivity index (χ2v) is 6.11. The van der Waals surface area contributed by atoms with Gasteiger partial charge in [-0.15, -0.1) is 11.6 Å². The molecule has 0 saturated carbocycles. The van der Waals surface area contributed by atoms with Crippen LogP contribution in [0.1, 0.15) is 19.3 Å². The largest absolute Gasteiger partial charge is 0.281 e. The lowest BCUT2D eigenvalue weighted by molar-refractivity contribution is 0.257. The molecule has 0 aromatic carbocycles. The van der Waals surface area contributed by atoms with Gasteiger partial charge >= 0.3 is 0 Å². The molecule has 0 radical (unpaired) electrons. The third-order valence-corrected chi connectivity index (χ3v) is 4.86. The Hall–Kier alpha value is 0.160. The van der Waals surface area contributed by atoms with Gasteiger partial charge in [0.2, 0.25) is 0 Å². The highest BCUT2D eigenvalue weighted by Crippen LogP contribution is 2.22. The van der Waals surface area contributed by atoms with Gasteiger partial charge in [-0.2, -0.15) is 17.0 Å². The maximum absolute atomic E-state index is 11.8. The Morgan fingerprint density at radius 3 is 2.57 bits per heavy atom. The Bertz CT molecular complexity index is 279. The smallest absolute Gasteiger partial charge is 0.195 e. The molecule has 84 valence electrons. The zero-order valence-corrected chi connectivity index (χ0v) is 10.2. The minimum absolute atomic E-state index is 0.0298. The van der Waals surface area contributed by atoms with Gasteiger partial charge in [-0.3, -0.25) is 0 Å². The minimum atomic E-state index is -3.28. The lowest BCUT2D eigenvalue weighted by Gasteiger charge is -2.35. The predicted octanol–water partition coefficient (Wildman–Crippen LogP) is 0.886. The van der Waals surface area contributed by atoms with Crippen LogP contribution in [0.25, 0.3) is 0 Å². The summed E-state index contributed by atoms with van der Waals surface area (Å²) in [5.74, 6) is 0.382. The van der Waals surface area contributed by atoms with E-state index in [0.717, 1.165) is 19.3 Å². The van der Waals surface area contributed by atoms with Crippen LogP contribution in [0, 0.1) is 0 Å². The van der Waals surface area contributed by atoms with Crippen molar-refractivity contribution in [3.05, 3.63) is 0 Å². The van der Waals surface area contributed by atoms with Gasteiger partial charge in [0.15, 0.2) is 0 Å². The summed E-state index contributed by atoms with van der Waals surface area (Å²) in [6, 6.07) is -0.0298. The minimum Gasteiger partial charge on any atom is -0.195 e. The third-order valence-electron chi connectivity index (χ3n) is 2.51. The van der Waals surface area contributed by atoms with Crippen LogP contribution in [-0.4, -0.2) is 49.6 Å². The van der Waals surface area contributed by atoms with Crippen molar-refractivity contribution in [2.45, 2.75) is 25.3 Å². The normalized spacial score (nSPS) is 25.6. The average Bonchev–Trinajstić information content (AvgIpc) is 2.17. The van der Waals surface area contributed by atoms with E-state index in [2.05, 4.69) is 0 Å². The molecule has 1 atom stereocenters. The van der Waals surface area contributed by atoms with Crippen molar-refractivity contribution < 1.29 is 8.42 Å². The van der Waals surface area contributed by atoms with E-state index in [-0.39, 0.29) is 6.04 Å². The number of hydrogen-bond acceptors (Lipinski definition) is 2. The fourth-order valence-corrected chi connectivity index (χ4v) is 3.38. The van der Waals surface area contributed by atoms with Gasteiger partial charge in [-0.05, 0) is 12.8 Å². The summed E-state index contributed by atoms with van der Waals surface area (Å²) >= 11 is 5.76. The molecule has 4 nitrogen and oxygen atoms in total. The van der Waals surface area contributed by atoms with E-state index in [1.54, 1.807) is 14.1 Å². The molecule has 1 aliphatic rings. The molecule has 0 aromatic rings. The maximum atomic E-state index is 11.8. The zero-order valence-electron chi connectivity index (χ0n) is 8.61. The quantitative estimate of drug-likeness (QED) is 0.688. The molecule has 0 aliphatic carbocycles. The molecule has 1 unspecified atom stereocenters. The monoisotopic (exact) mass is 240 g/mol. The molecule has 14 heavy (non-hydrogen) atoms. The van der Waals surface area contributed by atoms with E-state index in [0.29, 0.717) is 12.4 Å². The molecule has 0 N–H and O–H groups in total. The SMILES string of the molecule is CN(C)S(=O)(=O)N1CCCCC1CCl. The van der Waals surface area contributed by atoms with Crippen molar-refractivity contribution in [3.8, 4) is 0 Å². The highest BCUT2D eigenvalue weighted by atomic mass is 35.5. The number of alkyl halides is 1. The van der Waals surface area contributed by atoms with Gasteiger partial charge < -0.3 is 0 Å². The highest BCUT2D eigenvalue weighted by molar-refractivity contribution is 7.86. The molecule has 1 saturated heterocycles. The van der Waals surface area contributed by atoms with E-state index in [1.807, 2.05) is 0 Å². The van der Waals surface area contributed by atoms with Crippen molar-refractivity contribution in [3.63, 3.8) is 0 Å². The molecular formula is C8H17ClN2O2S. The fraction of sp³-hybridized carbons (Fsp3) is 1.00. The molecule has 0 aromatic heterocycles. The summed E-state index contributed by atoms with van der Waals surface area (Å²) in [5, 5.41) is 0. The molecule has 0 bridgehead atoms. The number of halogens is 1. The molecular weight excluding hydrogens is 224 g/mol. The topological polar surface area (TPSA) is 40.6 Å². The second-order valence-electron chi connectivity index (χ2n) is 3.70. The van der Waals surface area contributed by atoms with Gasteiger partial charge in [0, 0.05) is 32.6 Å². The maximum Gasteiger partial charge on any atom is 0.281 e. The number of nitrogens with zero attached hydrogens (tertiary/aromatic N) is 2. The standard InChI is InChI=1S/C8H17ClN2O2S/c1-10(2)14(12,13)11-6-4-3-5-8(11)7-9/h8H,3-7H2,1-2H3. The van der Waals surface area contributed by atoms with E-state index < -0.39 is 10.2 Å². The first-order valence-electron chi connectivity index (χ1n) is 4.75. The summed E-state index contributed by atoms with van der Waals surface area (Å²) in [6.45, 7) is 0.595. The number of hydrogen-bond donors (Lipinski definition) is 0. The highest BCUT2D eigenvalue weighted by Gasteiger charge is 2.32. The van der Waals surface area contributed by atoms with Crippen molar-refractivity contribution in [1.29, 1.82) is 0 Å². The van der Waals surface area contributed by atoms with E-state index in [9.17, 15) is 8.42 Å². The van der Waals surface area contributed by atoms with Crippen molar-refractivity contribution in [2.24, 2.45) is 0 Å². The lowest BCUT2D eigenvalue weighted by atomic mass is 10.1. The molecule has 1 aliphatic heterocycles. The van der Waals surface area contributed by atoms with E-state index >= 15 is 0 Å². The van der Waals surface area contributed by atoms with Crippen LogP contribution >= 0.6 is 11.6 Å². The lowest BCUT2D eigenvalue weighted by Crippen LogP contribution is -2.49. The van der Waals surface area contributed by atoms with Crippen LogP contribution in [0.3, 0.4) is 0 Å². The zero-order chi connectivity index (χ0) is 10.8. The molecule has 1 fully saturated rings. The number of rotatable bonds is 3. The summed E-state index contributed by atoms with van der Waals surface area (Å²) < 4.78 is 26.5. The van der Waals surface area contributed by atoms with Crippen LogP contribution in [0.5, 0.6) is 0 Å². The van der Waals surface area contributed by atoms with Crippen LogP contribution < -0.4 is 0 Å². The van der Waals surface area contributed by atoms with Crippen molar-refractivity contribution >= 4 is 21.8 Å². The average molecular weight is 241 g/mol. The van der Waals surface area contributed by atoms with Crippen LogP contribution in [0.2, 0.25) is 0 Å². The molecule has 6 heteroatoms. The Labute approximate surface area is 91.0 Å². The van der Waals surface area contributed by atoms with Gasteiger partial charge in [-0.25, -0.2) is 0 Å². The van der Waals surface area contributed by atoms with Crippen LogP contribution in [-0.2, 0) is 10.2 Å². The Balaban J connectivity index is 2.83. The van der Waals surface area contributed by atoms with E-state index in [4.69, 9.17) is 11.6 Å². The number of piperidine rings is 1. The molecule has 1 heterocycles. The van der Waals surface area contributed by atoms with Crippen LogP contribution in [0.15, 0.2) is 0 Å². The van der Waals surface area contributed by atoms with E-state index in [1.165, 1.54) is 8.61 Å². The Morgan fingerprint density at radius 1 is 1.43 bits per heavy atom. The first-order chi connectivity index (χ1) is 6.50. The summed E-state index contributed by atoms with van der Waals surface area (Å²) in [4.78, 5) is 0. The first kappa shape index (κ1) is 12.2. The second kappa shape index (κ2) is 4.79. The molecule has 1 rings (SSSR count). The summed E-state index contributed by atoms with van der Waals surface area (Å²) in [7, 11) is -0.177. The fourth-order valence-electron chi connectivity index (χ4n) is 1.64. The van der Waals surface area contributed by atoms with Gasteiger partial charge in [0.25, 0.3) is 10.2 Å². The first-order valence-corrected chi connectivity index (χ1v) is 6.68.